The van der Waals surface area contributed by atoms with Gasteiger partial charge in [0, 0.05) is 17.1 Å². The molecule has 1 aromatic carbocycles. The van der Waals surface area contributed by atoms with Gasteiger partial charge in [-0.15, -0.1) is 6.42 Å². The van der Waals surface area contributed by atoms with E-state index in [0.717, 1.165) is 5.56 Å². The van der Waals surface area contributed by atoms with Crippen LogP contribution in [0.2, 0.25) is 5.02 Å². The Bertz CT molecular complexity index is 469. The molecule has 1 atom stereocenters. The fourth-order valence-corrected chi connectivity index (χ4v) is 1.54. The third-order valence-electron chi connectivity index (χ3n) is 2.28. The molecule has 0 aromatic heterocycles. The summed E-state index contributed by atoms with van der Waals surface area (Å²) in [6, 6.07) is 5.08. The van der Waals surface area contributed by atoms with E-state index in [0.29, 0.717) is 10.8 Å². The summed E-state index contributed by atoms with van der Waals surface area (Å²) in [5.41, 5.74) is 6.33. The zero-order valence-corrected chi connectivity index (χ0v) is 10.8. The number of nitrogens with two attached hydrogens (primary N) is 1. The summed E-state index contributed by atoms with van der Waals surface area (Å²) >= 11 is 5.85. The smallest absolute Gasteiger partial charge is 0.261 e. The molecule has 5 heteroatoms. The van der Waals surface area contributed by atoms with E-state index in [1.807, 2.05) is 0 Å². The zero-order chi connectivity index (χ0) is 13.5. The van der Waals surface area contributed by atoms with E-state index < -0.39 is 6.10 Å². The average Bonchev–Trinajstić information content (AvgIpc) is 2.37. The largest absolute Gasteiger partial charge is 0.481 e. The maximum Gasteiger partial charge on any atom is 0.261 e. The Kier molecular flexibility index (Phi) is 5.50. The number of rotatable bonds is 5. The van der Waals surface area contributed by atoms with Crippen molar-refractivity contribution in [3.63, 3.8) is 0 Å². The highest BCUT2D eigenvalue weighted by Gasteiger charge is 2.15. The van der Waals surface area contributed by atoms with Crippen molar-refractivity contribution < 1.29 is 9.53 Å². The van der Waals surface area contributed by atoms with Gasteiger partial charge in [0.2, 0.25) is 0 Å². The van der Waals surface area contributed by atoms with Gasteiger partial charge >= 0.3 is 0 Å². The first-order valence-electron chi connectivity index (χ1n) is 5.44. The Morgan fingerprint density at radius 1 is 1.67 bits per heavy atom. The number of benzene rings is 1. The molecule has 0 spiro atoms. The number of carbonyl (C=O) groups is 1. The van der Waals surface area contributed by atoms with Crippen molar-refractivity contribution in [3.8, 4) is 18.1 Å². The fraction of sp³-hybridized carbons (Fsp3) is 0.308. The molecule has 96 valence electrons. The van der Waals surface area contributed by atoms with Gasteiger partial charge in [0.05, 0.1) is 6.54 Å². The molecule has 1 rings (SSSR count). The first-order chi connectivity index (χ1) is 8.58. The topological polar surface area (TPSA) is 64.3 Å². The molecule has 4 nitrogen and oxygen atoms in total. The van der Waals surface area contributed by atoms with Crippen molar-refractivity contribution in [2.45, 2.75) is 19.6 Å². The second-order valence-corrected chi connectivity index (χ2v) is 4.07. The molecule has 1 aromatic rings. The summed E-state index contributed by atoms with van der Waals surface area (Å²) in [4.78, 5) is 11.6. The zero-order valence-electron chi connectivity index (χ0n) is 10.1. The van der Waals surface area contributed by atoms with Crippen LogP contribution in [-0.2, 0) is 11.3 Å². The molecule has 1 amide bonds. The Balaban J connectivity index is 2.72. The molecule has 0 heterocycles. The van der Waals surface area contributed by atoms with Gasteiger partial charge in [0.25, 0.3) is 5.91 Å². The number of nitrogens with one attached hydrogen (secondary N) is 1. The molecular formula is C13H15ClN2O2. The number of halogens is 1. The van der Waals surface area contributed by atoms with E-state index in [-0.39, 0.29) is 19.0 Å². The van der Waals surface area contributed by atoms with E-state index in [4.69, 9.17) is 28.5 Å². The van der Waals surface area contributed by atoms with E-state index >= 15 is 0 Å². The van der Waals surface area contributed by atoms with Gasteiger partial charge in [-0.3, -0.25) is 4.79 Å². The lowest BCUT2D eigenvalue weighted by Gasteiger charge is -2.16. The second kappa shape index (κ2) is 6.90. The summed E-state index contributed by atoms with van der Waals surface area (Å²) in [7, 11) is 0. The molecule has 0 radical (unpaired) electrons. The fourth-order valence-electron chi connectivity index (χ4n) is 1.35. The molecule has 18 heavy (non-hydrogen) atoms. The molecule has 0 aliphatic carbocycles. The lowest BCUT2D eigenvalue weighted by atomic mass is 10.2. The highest BCUT2D eigenvalue weighted by atomic mass is 35.5. The van der Waals surface area contributed by atoms with Gasteiger partial charge in [-0.2, -0.15) is 0 Å². The molecule has 0 bridgehead atoms. The molecule has 0 saturated heterocycles. The first kappa shape index (κ1) is 14.4. The van der Waals surface area contributed by atoms with Crippen LogP contribution in [0.4, 0.5) is 0 Å². The molecule has 3 N–H and O–H groups in total. The van der Waals surface area contributed by atoms with Crippen LogP contribution in [-0.4, -0.2) is 18.6 Å². The first-order valence-corrected chi connectivity index (χ1v) is 5.82. The molecule has 0 fully saturated rings. The van der Waals surface area contributed by atoms with Crippen LogP contribution in [0.5, 0.6) is 5.75 Å². The Morgan fingerprint density at radius 3 is 3.00 bits per heavy atom. The normalized spacial score (nSPS) is 11.4. The number of amides is 1. The van der Waals surface area contributed by atoms with Crippen molar-refractivity contribution in [2.75, 3.05) is 6.54 Å². The molecule has 0 aliphatic heterocycles. The van der Waals surface area contributed by atoms with Crippen LogP contribution >= 0.6 is 11.6 Å². The van der Waals surface area contributed by atoms with Crippen LogP contribution in [0, 0.1) is 12.3 Å². The van der Waals surface area contributed by atoms with Gasteiger partial charge in [0.1, 0.15) is 5.75 Å². The maximum absolute atomic E-state index is 11.6. The summed E-state index contributed by atoms with van der Waals surface area (Å²) in [6.45, 7) is 2.10. The van der Waals surface area contributed by atoms with Crippen molar-refractivity contribution in [3.05, 3.63) is 28.8 Å². The van der Waals surface area contributed by atoms with Crippen molar-refractivity contribution in [1.29, 1.82) is 0 Å². The van der Waals surface area contributed by atoms with Gasteiger partial charge < -0.3 is 15.8 Å². The standard InChI is InChI=1S/C13H15ClN2O2/c1-3-6-16-13(17)9(2)18-12-5-4-11(14)7-10(12)8-15/h1,4-5,7,9H,6,8,15H2,2H3,(H,16,17). The number of carbonyl (C=O) groups excluding carboxylic acids is 1. The van der Waals surface area contributed by atoms with Crippen LogP contribution in [0.25, 0.3) is 0 Å². The molecule has 1 unspecified atom stereocenters. The minimum Gasteiger partial charge on any atom is -0.481 e. The monoisotopic (exact) mass is 266 g/mol. The molecular weight excluding hydrogens is 252 g/mol. The Morgan fingerprint density at radius 2 is 2.39 bits per heavy atom. The summed E-state index contributed by atoms with van der Waals surface area (Å²) in [5.74, 6) is 2.60. The van der Waals surface area contributed by atoms with E-state index in [1.54, 1.807) is 25.1 Å². The van der Waals surface area contributed by atoms with Crippen LogP contribution in [0.1, 0.15) is 12.5 Å². The Labute approximate surface area is 111 Å². The minimum atomic E-state index is -0.648. The van der Waals surface area contributed by atoms with Crippen molar-refractivity contribution in [2.24, 2.45) is 5.73 Å². The van der Waals surface area contributed by atoms with Crippen molar-refractivity contribution >= 4 is 17.5 Å². The summed E-state index contributed by atoms with van der Waals surface area (Å²) < 4.78 is 5.53. The number of hydrogen-bond acceptors (Lipinski definition) is 3. The third-order valence-corrected chi connectivity index (χ3v) is 2.52. The number of ether oxygens (including phenoxy) is 1. The van der Waals surface area contributed by atoms with Gasteiger partial charge in [-0.05, 0) is 25.1 Å². The van der Waals surface area contributed by atoms with Crippen LogP contribution < -0.4 is 15.8 Å². The quantitative estimate of drug-likeness (QED) is 0.790. The lowest BCUT2D eigenvalue weighted by molar-refractivity contribution is -0.127. The predicted molar refractivity (Wildman–Crippen MR) is 71.3 cm³/mol. The maximum atomic E-state index is 11.6. The Hall–Kier alpha value is -1.70. The van der Waals surface area contributed by atoms with Gasteiger partial charge in [-0.1, -0.05) is 17.5 Å². The lowest BCUT2D eigenvalue weighted by Crippen LogP contribution is -2.36. The third kappa shape index (κ3) is 3.95. The number of terminal acetylenes is 1. The van der Waals surface area contributed by atoms with Crippen molar-refractivity contribution in [1.82, 2.24) is 5.32 Å². The highest BCUT2D eigenvalue weighted by molar-refractivity contribution is 6.30. The van der Waals surface area contributed by atoms with Crippen LogP contribution in [0.15, 0.2) is 18.2 Å². The summed E-state index contributed by atoms with van der Waals surface area (Å²) in [5, 5.41) is 3.12. The molecule has 0 saturated carbocycles. The van der Waals surface area contributed by atoms with Gasteiger partial charge in [-0.25, -0.2) is 0 Å². The van der Waals surface area contributed by atoms with E-state index in [9.17, 15) is 4.79 Å². The van der Waals surface area contributed by atoms with E-state index in [2.05, 4.69) is 11.2 Å². The molecule has 0 aliphatic rings. The second-order valence-electron chi connectivity index (χ2n) is 3.64. The number of hydrogen-bond donors (Lipinski definition) is 2. The predicted octanol–water partition coefficient (Wildman–Crippen LogP) is 1.32. The van der Waals surface area contributed by atoms with E-state index in [1.165, 1.54) is 0 Å². The SMILES string of the molecule is C#CCNC(=O)C(C)Oc1ccc(Cl)cc1CN. The summed E-state index contributed by atoms with van der Waals surface area (Å²) in [6.07, 6.45) is 4.41. The van der Waals surface area contributed by atoms with Gasteiger partial charge in [0.15, 0.2) is 6.10 Å². The minimum absolute atomic E-state index is 0.177. The highest BCUT2D eigenvalue weighted by Crippen LogP contribution is 2.23. The average molecular weight is 267 g/mol. The van der Waals surface area contributed by atoms with Crippen LogP contribution in [0.3, 0.4) is 0 Å².